The highest BCUT2D eigenvalue weighted by atomic mass is 16.3. The lowest BCUT2D eigenvalue weighted by molar-refractivity contribution is -0.134. The van der Waals surface area contributed by atoms with Crippen LogP contribution in [0.5, 0.6) is 0 Å². The van der Waals surface area contributed by atoms with E-state index in [2.05, 4.69) is 10.2 Å². The molecule has 0 spiro atoms. The monoisotopic (exact) mass is 254 g/mol. The first-order chi connectivity index (χ1) is 8.83. The fourth-order valence-electron chi connectivity index (χ4n) is 3.19. The van der Waals surface area contributed by atoms with E-state index < -0.39 is 0 Å². The molecule has 2 fully saturated rings. The highest BCUT2D eigenvalue weighted by Crippen LogP contribution is 2.23. The summed E-state index contributed by atoms with van der Waals surface area (Å²) in [7, 11) is 0. The van der Waals surface area contributed by atoms with Gasteiger partial charge in [0.05, 0.1) is 6.04 Å². The van der Waals surface area contributed by atoms with Crippen LogP contribution >= 0.6 is 0 Å². The number of nitrogens with one attached hydrogen (secondary N) is 1. The van der Waals surface area contributed by atoms with Gasteiger partial charge in [-0.1, -0.05) is 12.8 Å². The second-order valence-corrected chi connectivity index (χ2v) is 5.55. The van der Waals surface area contributed by atoms with Gasteiger partial charge in [0.25, 0.3) is 0 Å². The summed E-state index contributed by atoms with van der Waals surface area (Å²) in [5.41, 5.74) is 0. The summed E-state index contributed by atoms with van der Waals surface area (Å²) in [6, 6.07) is 0.414. The third-order valence-corrected chi connectivity index (χ3v) is 4.21. The van der Waals surface area contributed by atoms with Gasteiger partial charge in [0.15, 0.2) is 0 Å². The fourth-order valence-corrected chi connectivity index (χ4v) is 3.19. The van der Waals surface area contributed by atoms with Crippen LogP contribution in [0.4, 0.5) is 0 Å². The summed E-state index contributed by atoms with van der Waals surface area (Å²) >= 11 is 0. The van der Waals surface area contributed by atoms with Crippen LogP contribution in [0.15, 0.2) is 0 Å². The SMILES string of the molecule is O=C(C1CCCCCN1)N1CCCC1CCCO. The highest BCUT2D eigenvalue weighted by molar-refractivity contribution is 5.82. The van der Waals surface area contributed by atoms with Crippen LogP contribution in [0.25, 0.3) is 0 Å². The second-order valence-electron chi connectivity index (χ2n) is 5.55. The number of nitrogens with zero attached hydrogens (tertiary/aromatic N) is 1. The van der Waals surface area contributed by atoms with Crippen molar-refractivity contribution in [1.29, 1.82) is 0 Å². The van der Waals surface area contributed by atoms with Crippen LogP contribution in [-0.4, -0.2) is 47.7 Å². The van der Waals surface area contributed by atoms with Gasteiger partial charge < -0.3 is 15.3 Å². The van der Waals surface area contributed by atoms with Gasteiger partial charge in [0, 0.05) is 19.2 Å². The Labute approximate surface area is 110 Å². The van der Waals surface area contributed by atoms with Gasteiger partial charge in [-0.15, -0.1) is 0 Å². The molecule has 104 valence electrons. The fraction of sp³-hybridized carbons (Fsp3) is 0.929. The minimum absolute atomic E-state index is 0.0437. The average molecular weight is 254 g/mol. The van der Waals surface area contributed by atoms with Crippen molar-refractivity contribution < 1.29 is 9.90 Å². The molecule has 2 unspecified atom stereocenters. The summed E-state index contributed by atoms with van der Waals surface area (Å²) in [6.07, 6.45) is 8.58. The zero-order chi connectivity index (χ0) is 12.8. The number of carbonyl (C=O) groups is 1. The molecule has 0 radical (unpaired) electrons. The van der Waals surface area contributed by atoms with Crippen LogP contribution in [0.3, 0.4) is 0 Å². The minimum atomic E-state index is 0.0437. The van der Waals surface area contributed by atoms with E-state index in [9.17, 15) is 4.79 Å². The van der Waals surface area contributed by atoms with E-state index in [0.29, 0.717) is 11.9 Å². The van der Waals surface area contributed by atoms with Gasteiger partial charge in [-0.05, 0) is 45.1 Å². The zero-order valence-corrected chi connectivity index (χ0v) is 11.2. The molecule has 0 aromatic rings. The van der Waals surface area contributed by atoms with Crippen LogP contribution < -0.4 is 5.32 Å². The lowest BCUT2D eigenvalue weighted by Gasteiger charge is -2.28. The molecule has 2 atom stereocenters. The van der Waals surface area contributed by atoms with Gasteiger partial charge >= 0.3 is 0 Å². The van der Waals surface area contributed by atoms with E-state index in [1.165, 1.54) is 19.3 Å². The largest absolute Gasteiger partial charge is 0.396 e. The predicted octanol–water partition coefficient (Wildman–Crippen LogP) is 1.28. The Hall–Kier alpha value is -0.610. The maximum absolute atomic E-state index is 12.5. The molecule has 0 aromatic heterocycles. The van der Waals surface area contributed by atoms with Gasteiger partial charge in [-0.3, -0.25) is 4.79 Å². The highest BCUT2D eigenvalue weighted by Gasteiger charge is 2.32. The zero-order valence-electron chi connectivity index (χ0n) is 11.2. The smallest absolute Gasteiger partial charge is 0.239 e. The number of aliphatic hydroxyl groups is 1. The van der Waals surface area contributed by atoms with Crippen LogP contribution in [0.2, 0.25) is 0 Å². The summed E-state index contributed by atoms with van der Waals surface area (Å²) < 4.78 is 0. The Balaban J connectivity index is 1.89. The van der Waals surface area contributed by atoms with Crippen molar-refractivity contribution in [2.45, 2.75) is 63.5 Å². The Kier molecular flexibility index (Phi) is 5.45. The molecule has 4 heteroatoms. The van der Waals surface area contributed by atoms with Crippen LogP contribution in [0, 0.1) is 0 Å². The first-order valence-electron chi connectivity index (χ1n) is 7.47. The number of hydrogen-bond acceptors (Lipinski definition) is 3. The Morgan fingerprint density at radius 2 is 2.11 bits per heavy atom. The van der Waals surface area contributed by atoms with Crippen molar-refractivity contribution in [3.05, 3.63) is 0 Å². The third-order valence-electron chi connectivity index (χ3n) is 4.21. The molecule has 0 aliphatic carbocycles. The van der Waals surface area contributed by atoms with Crippen molar-refractivity contribution in [2.24, 2.45) is 0 Å². The number of amides is 1. The number of hydrogen-bond donors (Lipinski definition) is 2. The van der Waals surface area contributed by atoms with Crippen molar-refractivity contribution in [1.82, 2.24) is 10.2 Å². The first-order valence-corrected chi connectivity index (χ1v) is 7.47. The minimum Gasteiger partial charge on any atom is -0.396 e. The lowest BCUT2D eigenvalue weighted by Crippen LogP contribution is -2.48. The van der Waals surface area contributed by atoms with Gasteiger partial charge in [0.2, 0.25) is 5.91 Å². The standard InChI is InChI=1S/C14H26N2O2/c17-11-5-7-12-6-4-10-16(12)14(18)13-8-2-1-3-9-15-13/h12-13,15,17H,1-11H2. The number of aliphatic hydroxyl groups excluding tert-OH is 1. The summed E-state index contributed by atoms with van der Waals surface area (Å²) in [6.45, 7) is 2.12. The van der Waals surface area contributed by atoms with E-state index in [4.69, 9.17) is 5.11 Å². The van der Waals surface area contributed by atoms with E-state index in [-0.39, 0.29) is 12.6 Å². The van der Waals surface area contributed by atoms with E-state index in [1.54, 1.807) is 0 Å². The topological polar surface area (TPSA) is 52.6 Å². The molecule has 0 bridgehead atoms. The molecule has 0 aromatic carbocycles. The molecule has 2 heterocycles. The summed E-state index contributed by atoms with van der Waals surface area (Å²) in [5.74, 6) is 0.303. The Morgan fingerprint density at radius 1 is 1.22 bits per heavy atom. The molecule has 1 amide bonds. The molecular formula is C14H26N2O2. The lowest BCUT2D eigenvalue weighted by atomic mass is 10.1. The van der Waals surface area contributed by atoms with Crippen molar-refractivity contribution >= 4 is 5.91 Å². The molecule has 2 aliphatic rings. The quantitative estimate of drug-likeness (QED) is 0.794. The van der Waals surface area contributed by atoms with E-state index in [0.717, 1.165) is 45.2 Å². The van der Waals surface area contributed by atoms with Gasteiger partial charge in [-0.25, -0.2) is 0 Å². The number of carbonyl (C=O) groups excluding carboxylic acids is 1. The molecule has 2 rings (SSSR count). The Morgan fingerprint density at radius 3 is 2.94 bits per heavy atom. The van der Waals surface area contributed by atoms with E-state index >= 15 is 0 Å². The molecule has 4 nitrogen and oxygen atoms in total. The van der Waals surface area contributed by atoms with Crippen LogP contribution in [0.1, 0.15) is 51.4 Å². The van der Waals surface area contributed by atoms with Crippen molar-refractivity contribution in [3.8, 4) is 0 Å². The number of likely N-dealkylation sites (tertiary alicyclic amines) is 1. The third kappa shape index (κ3) is 3.45. The predicted molar refractivity (Wildman–Crippen MR) is 71.3 cm³/mol. The summed E-state index contributed by atoms with van der Waals surface area (Å²) in [5, 5.41) is 12.3. The average Bonchev–Trinajstić information content (AvgIpc) is 2.68. The molecule has 0 saturated carbocycles. The molecule has 18 heavy (non-hydrogen) atoms. The Bertz CT molecular complexity index is 263. The molecular weight excluding hydrogens is 228 g/mol. The van der Waals surface area contributed by atoms with Crippen molar-refractivity contribution in [2.75, 3.05) is 19.7 Å². The van der Waals surface area contributed by atoms with Crippen LogP contribution in [-0.2, 0) is 4.79 Å². The van der Waals surface area contributed by atoms with Gasteiger partial charge in [-0.2, -0.15) is 0 Å². The number of rotatable bonds is 4. The summed E-state index contributed by atoms with van der Waals surface area (Å²) in [4.78, 5) is 14.6. The maximum Gasteiger partial charge on any atom is 0.239 e. The first kappa shape index (κ1) is 13.8. The second kappa shape index (κ2) is 7.10. The van der Waals surface area contributed by atoms with Crippen molar-refractivity contribution in [3.63, 3.8) is 0 Å². The van der Waals surface area contributed by atoms with Gasteiger partial charge in [0.1, 0.15) is 0 Å². The molecule has 2 aliphatic heterocycles. The molecule has 2 N–H and O–H groups in total. The van der Waals surface area contributed by atoms with E-state index in [1.807, 2.05) is 0 Å². The normalized spacial score (nSPS) is 29.3. The maximum atomic E-state index is 12.5. The molecule has 2 saturated heterocycles.